The number of hydrogen-bond donors (Lipinski definition) is 6. The summed E-state index contributed by atoms with van der Waals surface area (Å²) >= 11 is 0. The Hall–Kier alpha value is -3.17. The van der Waals surface area contributed by atoms with Crippen LogP contribution in [-0.4, -0.2) is 54.7 Å². The third-order valence-electron chi connectivity index (χ3n) is 8.04. The van der Waals surface area contributed by atoms with Crippen LogP contribution in [0.5, 0.6) is 5.75 Å². The van der Waals surface area contributed by atoms with Gasteiger partial charge in [-0.3, -0.25) is 14.4 Å². The van der Waals surface area contributed by atoms with Gasteiger partial charge in [0.2, 0.25) is 5.78 Å². The molecule has 9 heteroatoms. The third kappa shape index (κ3) is 3.81. The van der Waals surface area contributed by atoms with E-state index in [1.165, 1.54) is 6.07 Å². The number of hydrogen-bond acceptors (Lipinski definition) is 8. The van der Waals surface area contributed by atoms with Gasteiger partial charge in [-0.2, -0.15) is 0 Å². The number of phenolic OH excluding ortho intramolecular Hbond substituents is 1. The molecule has 0 heterocycles. The number of phenols is 1. The topological polar surface area (TPSA) is 178 Å². The van der Waals surface area contributed by atoms with Crippen LogP contribution in [0.2, 0.25) is 0 Å². The van der Waals surface area contributed by atoms with Gasteiger partial charge in [0.15, 0.2) is 11.4 Å². The van der Waals surface area contributed by atoms with E-state index >= 15 is 0 Å². The lowest BCUT2D eigenvalue weighted by atomic mass is 9.55. The van der Waals surface area contributed by atoms with Crippen molar-refractivity contribution in [3.8, 4) is 5.75 Å². The van der Waals surface area contributed by atoms with Crippen molar-refractivity contribution in [2.24, 2.45) is 17.6 Å². The van der Waals surface area contributed by atoms with Crippen molar-refractivity contribution in [1.82, 2.24) is 0 Å². The number of fused-ring (bicyclic) bond motifs is 3. The Morgan fingerprint density at radius 1 is 1.08 bits per heavy atom. The highest BCUT2D eigenvalue weighted by Gasteiger charge is 2.65. The number of rotatable bonds is 8. The van der Waals surface area contributed by atoms with E-state index in [1.54, 1.807) is 12.1 Å². The molecule has 1 saturated carbocycles. The first kappa shape index (κ1) is 25.9. The van der Waals surface area contributed by atoms with Crippen LogP contribution in [-0.2, 0) is 14.4 Å². The fourth-order valence-electron chi connectivity index (χ4n) is 6.26. The highest BCUT2D eigenvalue weighted by Crippen LogP contribution is 2.56. The second-order valence-corrected chi connectivity index (χ2v) is 10.1. The molecule has 3 aliphatic rings. The number of aliphatic hydroxyl groups is 4. The van der Waals surface area contributed by atoms with E-state index in [4.69, 9.17) is 5.73 Å². The molecule has 1 aromatic rings. The molecular formula is C27H33NO8. The van der Waals surface area contributed by atoms with Gasteiger partial charge < -0.3 is 31.3 Å². The van der Waals surface area contributed by atoms with Crippen molar-refractivity contribution >= 4 is 23.2 Å². The molecule has 3 aliphatic carbocycles. The lowest BCUT2D eigenvalue weighted by molar-refractivity contribution is -0.161. The zero-order valence-corrected chi connectivity index (χ0v) is 20.2. The molecule has 1 fully saturated rings. The molecule has 0 saturated heterocycles. The number of nitrogens with two attached hydrogens (primary N) is 1. The normalized spacial score (nSPS) is 29.6. The van der Waals surface area contributed by atoms with E-state index < -0.39 is 70.4 Å². The Balaban J connectivity index is 1.82. The number of benzene rings is 1. The number of carbonyl (C=O) groups is 3. The van der Waals surface area contributed by atoms with Gasteiger partial charge in [0.25, 0.3) is 5.91 Å². The first-order valence-electron chi connectivity index (χ1n) is 12.5. The Kier molecular flexibility index (Phi) is 6.99. The van der Waals surface area contributed by atoms with Gasteiger partial charge in [0, 0.05) is 23.8 Å². The van der Waals surface area contributed by atoms with E-state index in [1.807, 2.05) is 0 Å². The van der Waals surface area contributed by atoms with Crippen LogP contribution in [0.15, 0.2) is 35.1 Å². The monoisotopic (exact) mass is 499 g/mol. The van der Waals surface area contributed by atoms with Crippen molar-refractivity contribution in [1.29, 1.82) is 0 Å². The third-order valence-corrected chi connectivity index (χ3v) is 8.04. The van der Waals surface area contributed by atoms with Crippen LogP contribution in [0.1, 0.15) is 75.3 Å². The molecule has 0 aromatic heterocycles. The first-order valence-corrected chi connectivity index (χ1v) is 12.5. The predicted octanol–water partition coefficient (Wildman–Crippen LogP) is 2.69. The Morgan fingerprint density at radius 2 is 1.75 bits per heavy atom. The summed E-state index contributed by atoms with van der Waals surface area (Å²) in [6.07, 6.45) is 4.50. The predicted molar refractivity (Wildman–Crippen MR) is 130 cm³/mol. The largest absolute Gasteiger partial charge is 0.508 e. The molecule has 7 N–H and O–H groups in total. The SMILES string of the molecule is CCCCCCCCC1c2cccc(O)c2C(O)=C2C(=O)C3(O)C(O)=C(C(N)=O)C(=O)CC3C(O)C21. The molecular weight excluding hydrogens is 466 g/mol. The maximum absolute atomic E-state index is 13.8. The molecule has 1 amide bonds. The number of ketones is 2. The van der Waals surface area contributed by atoms with Gasteiger partial charge in [0.1, 0.15) is 22.8 Å². The molecule has 194 valence electrons. The van der Waals surface area contributed by atoms with E-state index in [0.29, 0.717) is 12.0 Å². The Bertz CT molecular complexity index is 1170. The van der Waals surface area contributed by atoms with Crippen LogP contribution in [0.3, 0.4) is 0 Å². The maximum Gasteiger partial charge on any atom is 0.255 e. The molecule has 0 spiro atoms. The second kappa shape index (κ2) is 9.71. The summed E-state index contributed by atoms with van der Waals surface area (Å²) in [5.41, 5.74) is 1.77. The fourth-order valence-corrected chi connectivity index (χ4v) is 6.26. The Morgan fingerprint density at radius 3 is 2.42 bits per heavy atom. The van der Waals surface area contributed by atoms with Crippen LogP contribution in [0.25, 0.3) is 5.76 Å². The smallest absolute Gasteiger partial charge is 0.255 e. The minimum absolute atomic E-state index is 0.0350. The molecule has 5 unspecified atom stereocenters. The number of unbranched alkanes of at least 4 members (excludes halogenated alkanes) is 5. The van der Waals surface area contributed by atoms with Crippen molar-refractivity contribution in [2.45, 2.75) is 75.9 Å². The van der Waals surface area contributed by atoms with Crippen LogP contribution in [0.4, 0.5) is 0 Å². The number of amides is 1. The van der Waals surface area contributed by atoms with E-state index in [0.717, 1.165) is 38.5 Å². The lowest BCUT2D eigenvalue weighted by Gasteiger charge is -2.51. The van der Waals surface area contributed by atoms with Gasteiger partial charge in [-0.1, -0.05) is 57.6 Å². The van der Waals surface area contributed by atoms with Crippen LogP contribution >= 0.6 is 0 Å². The summed E-state index contributed by atoms with van der Waals surface area (Å²) in [6, 6.07) is 4.70. The first-order chi connectivity index (χ1) is 17.1. The summed E-state index contributed by atoms with van der Waals surface area (Å²) in [5.74, 6) is -8.30. The minimum Gasteiger partial charge on any atom is -0.508 e. The van der Waals surface area contributed by atoms with Gasteiger partial charge in [-0.05, 0) is 24.0 Å². The number of aromatic hydroxyl groups is 1. The molecule has 36 heavy (non-hydrogen) atoms. The van der Waals surface area contributed by atoms with Crippen LogP contribution in [0, 0.1) is 11.8 Å². The Labute approximate surface area is 208 Å². The highest BCUT2D eigenvalue weighted by molar-refractivity contribution is 6.22. The average molecular weight is 500 g/mol. The summed E-state index contributed by atoms with van der Waals surface area (Å²) in [6.45, 7) is 2.13. The molecule has 1 aromatic carbocycles. The zero-order chi connectivity index (χ0) is 26.4. The summed E-state index contributed by atoms with van der Waals surface area (Å²) in [5, 5.41) is 55.3. The highest BCUT2D eigenvalue weighted by atomic mass is 16.4. The molecule has 0 aliphatic heterocycles. The number of aliphatic hydroxyl groups excluding tert-OH is 3. The average Bonchev–Trinajstić information content (AvgIpc) is 2.82. The van der Waals surface area contributed by atoms with Gasteiger partial charge >= 0.3 is 0 Å². The van der Waals surface area contributed by atoms with Crippen molar-refractivity contribution in [3.63, 3.8) is 0 Å². The maximum atomic E-state index is 13.8. The van der Waals surface area contributed by atoms with Crippen molar-refractivity contribution < 1.29 is 39.9 Å². The molecule has 9 nitrogen and oxygen atoms in total. The fraction of sp³-hybridized carbons (Fsp3) is 0.519. The minimum atomic E-state index is -2.82. The van der Waals surface area contributed by atoms with E-state index in [-0.39, 0.29) is 16.9 Å². The quantitative estimate of drug-likeness (QED) is 0.233. The van der Waals surface area contributed by atoms with Gasteiger partial charge in [0.05, 0.1) is 11.7 Å². The molecule has 0 bridgehead atoms. The van der Waals surface area contributed by atoms with Crippen LogP contribution < -0.4 is 5.73 Å². The molecule has 5 atom stereocenters. The second-order valence-electron chi connectivity index (χ2n) is 10.1. The number of primary amides is 1. The summed E-state index contributed by atoms with van der Waals surface area (Å²) in [7, 11) is 0. The lowest BCUT2D eigenvalue weighted by Crippen LogP contribution is -2.64. The van der Waals surface area contributed by atoms with Crippen molar-refractivity contribution in [2.75, 3.05) is 0 Å². The summed E-state index contributed by atoms with van der Waals surface area (Å²) < 4.78 is 0. The number of carbonyl (C=O) groups excluding carboxylic acids is 3. The summed E-state index contributed by atoms with van der Waals surface area (Å²) in [4.78, 5) is 38.2. The molecule has 4 rings (SSSR count). The van der Waals surface area contributed by atoms with E-state index in [2.05, 4.69) is 6.92 Å². The standard InChI is InChI=1S/C27H33NO8/c1-2-3-4-5-6-7-9-14-13-10-8-11-16(29)18(13)23(32)21-19(14)22(31)15-12-17(30)20(26(28)35)24(33)27(15,36)25(21)34/h8,10-11,14-15,19,22,29,31-33,36H,2-7,9,12H2,1H3,(H2,28,35). The van der Waals surface area contributed by atoms with E-state index in [9.17, 15) is 39.9 Å². The van der Waals surface area contributed by atoms with Gasteiger partial charge in [-0.15, -0.1) is 0 Å². The van der Waals surface area contributed by atoms with Crippen molar-refractivity contribution in [3.05, 3.63) is 46.2 Å². The zero-order valence-electron chi connectivity index (χ0n) is 20.2. The number of Topliss-reactive ketones (excluding diaryl/α,β-unsaturated/α-hetero) is 2. The molecule has 0 radical (unpaired) electrons. The van der Waals surface area contributed by atoms with Gasteiger partial charge in [-0.25, -0.2) is 0 Å².